The average molecular weight is 923 g/mol. The molecule has 314 valence electrons. The second kappa shape index (κ2) is 16.7. The van der Waals surface area contributed by atoms with Crippen LogP contribution in [0.2, 0.25) is 0 Å². The average Bonchev–Trinajstić information content (AvgIpc) is 2.89. The van der Waals surface area contributed by atoms with Crippen LogP contribution < -0.4 is 68.9 Å². The van der Waals surface area contributed by atoms with Gasteiger partial charge in [0.05, 0.1) is 7.82 Å². The summed E-state index contributed by atoms with van der Waals surface area (Å²) >= 11 is 0. The number of phosphoric acid groups is 1. The van der Waals surface area contributed by atoms with Crippen LogP contribution >= 0.6 is 7.82 Å². The van der Waals surface area contributed by atoms with Crippen LogP contribution in [0.25, 0.3) is 0 Å². The Kier molecular flexibility index (Phi) is 18.2. The molecule has 0 spiro atoms. The molecule has 54 heavy (non-hydrogen) atoms. The Bertz CT molecular complexity index is 1440. The van der Waals surface area contributed by atoms with Crippen LogP contribution in [0.1, 0.15) is 32.6 Å². The Morgan fingerprint density at radius 2 is 0.815 bits per heavy atom. The molecule has 0 bridgehead atoms. The van der Waals surface area contributed by atoms with E-state index in [1.807, 2.05) is 4.52 Å². The summed E-state index contributed by atoms with van der Waals surface area (Å²) in [7, 11) is -16.8. The molecule has 0 N–H and O–H groups in total. The fourth-order valence-electron chi connectivity index (χ4n) is 3.28. The van der Waals surface area contributed by atoms with Crippen LogP contribution in [-0.4, -0.2) is 90.2 Å². The minimum absolute atomic E-state index is 0. The van der Waals surface area contributed by atoms with Crippen LogP contribution in [0.3, 0.4) is 0 Å². The Balaban J connectivity index is -0.0000130. The molecule has 0 unspecified atom stereocenters. The fourth-order valence-corrected chi connectivity index (χ4v) is 5.18. The number of phosphoric ester groups is 1. The molecule has 0 amide bonds. The Morgan fingerprint density at radius 1 is 0.519 bits per heavy atom. The third-order valence-corrected chi connectivity index (χ3v) is 8.55. The summed E-state index contributed by atoms with van der Waals surface area (Å²) in [4.78, 5) is 20.7. The standard InChI is InChI=1S/C18H15F25NO6PS.2Na/c1-2-3-4-5-6-44(16(38,39)17(40,41)50-51(45,46)47)52(48,49)18(42,43)14(33,34)12(29,30)10(25,26)8(21,22)7(19,20)9(23,24)11(27,28)13(31,32)15(35,36)37;;/h2-6H2,1H3,(H2,45,46,47);;/q;2*+1/p-2. The van der Waals surface area contributed by atoms with E-state index < -0.39 is 119 Å². The van der Waals surface area contributed by atoms with E-state index in [0.29, 0.717) is 0 Å². The third-order valence-electron chi connectivity index (χ3n) is 6.20. The number of rotatable bonds is 19. The van der Waals surface area contributed by atoms with Gasteiger partial charge in [-0.2, -0.15) is 110 Å². The number of alkyl halides is 25. The summed E-state index contributed by atoms with van der Waals surface area (Å²) in [5.74, 6) is -75.7. The zero-order valence-corrected chi connectivity index (χ0v) is 31.4. The van der Waals surface area contributed by atoms with E-state index in [9.17, 15) is 133 Å². The van der Waals surface area contributed by atoms with Crippen molar-refractivity contribution in [3.05, 3.63) is 0 Å². The van der Waals surface area contributed by atoms with Gasteiger partial charge in [0.1, 0.15) is 0 Å². The fraction of sp³-hybridized carbons (Fsp3) is 1.00. The first-order chi connectivity index (χ1) is 22.1. The summed E-state index contributed by atoms with van der Waals surface area (Å²) in [6, 6.07) is -7.58. The topological polar surface area (TPSA) is 110 Å². The summed E-state index contributed by atoms with van der Waals surface area (Å²) in [5, 5.41) is -8.91. The van der Waals surface area contributed by atoms with Gasteiger partial charge in [0.2, 0.25) is 0 Å². The van der Waals surface area contributed by atoms with Crippen molar-refractivity contribution >= 4 is 17.8 Å². The Labute approximate surface area is 327 Å². The monoisotopic (exact) mass is 923 g/mol. The van der Waals surface area contributed by atoms with Crippen molar-refractivity contribution in [2.45, 2.75) is 104 Å². The number of nitrogens with zero attached hydrogens (tertiary/aromatic N) is 1. The van der Waals surface area contributed by atoms with Crippen molar-refractivity contribution in [3.63, 3.8) is 0 Å². The first kappa shape index (κ1) is 58.6. The third kappa shape index (κ3) is 9.04. The maximum atomic E-state index is 14.6. The number of unbranched alkanes of at least 4 members (excludes halogenated alkanes) is 3. The molecule has 0 aromatic carbocycles. The van der Waals surface area contributed by atoms with Crippen LogP contribution in [0, 0.1) is 0 Å². The van der Waals surface area contributed by atoms with Gasteiger partial charge >= 0.3 is 130 Å². The van der Waals surface area contributed by atoms with Gasteiger partial charge < -0.3 is 14.4 Å². The molecule has 0 radical (unpaired) electrons. The van der Waals surface area contributed by atoms with E-state index in [2.05, 4.69) is 0 Å². The van der Waals surface area contributed by atoms with Crippen LogP contribution in [0.5, 0.6) is 0 Å². The summed E-state index contributed by atoms with van der Waals surface area (Å²) in [6.45, 7) is -1.74. The van der Waals surface area contributed by atoms with Gasteiger partial charge in [-0.1, -0.05) is 26.2 Å². The van der Waals surface area contributed by atoms with E-state index >= 15 is 0 Å². The summed E-state index contributed by atoms with van der Waals surface area (Å²) in [5.41, 5.74) is 0. The van der Waals surface area contributed by atoms with E-state index in [1.54, 1.807) is 0 Å². The molecule has 0 atom stereocenters. The summed E-state index contributed by atoms with van der Waals surface area (Å²) < 4.78 is 375. The SMILES string of the molecule is CCCCCCN(C(F)(F)C(F)(F)OP(=O)([O-])[O-])S(=O)(=O)C(F)(F)C(F)(F)C(F)(F)C(F)(F)C(F)(F)C(F)(F)C(F)(F)C(F)(F)C(F)(F)C(F)(F)F.[Na+].[Na+]. The molecule has 7 nitrogen and oxygen atoms in total. The zero-order valence-electron chi connectivity index (χ0n) is 25.7. The molecule has 0 aliphatic carbocycles. The maximum absolute atomic E-state index is 14.6. The van der Waals surface area contributed by atoms with Gasteiger partial charge in [-0.3, -0.25) is 4.52 Å². The molecule has 0 saturated heterocycles. The molecule has 0 aliphatic heterocycles. The Morgan fingerprint density at radius 3 is 1.09 bits per heavy atom. The minimum Gasteiger partial charge on any atom is -0.790 e. The molecule has 0 aromatic rings. The molecular weight excluding hydrogens is 910 g/mol. The van der Waals surface area contributed by atoms with E-state index in [1.165, 1.54) is 6.92 Å². The van der Waals surface area contributed by atoms with Crippen molar-refractivity contribution in [1.82, 2.24) is 4.31 Å². The van der Waals surface area contributed by atoms with Gasteiger partial charge in [0.15, 0.2) is 0 Å². The van der Waals surface area contributed by atoms with Gasteiger partial charge in [-0.15, -0.1) is 4.31 Å². The van der Waals surface area contributed by atoms with Crippen LogP contribution in [0.15, 0.2) is 0 Å². The Hall–Kier alpha value is 0.270. The zero-order chi connectivity index (χ0) is 42.8. The maximum Gasteiger partial charge on any atom is 1.00 e. The smallest absolute Gasteiger partial charge is 0.790 e. The van der Waals surface area contributed by atoms with Gasteiger partial charge in [-0.05, 0) is 6.42 Å². The van der Waals surface area contributed by atoms with Crippen molar-refractivity contribution in [2.75, 3.05) is 6.54 Å². The molecule has 36 heteroatoms. The molecule has 0 heterocycles. The van der Waals surface area contributed by atoms with Crippen LogP contribution in [-0.2, 0) is 19.1 Å². The predicted molar refractivity (Wildman–Crippen MR) is 109 cm³/mol. The minimum atomic E-state index is -9.75. The second-order valence-corrected chi connectivity index (χ2v) is 12.8. The number of halogens is 25. The first-order valence-electron chi connectivity index (χ1n) is 12.1. The van der Waals surface area contributed by atoms with Gasteiger partial charge in [0.25, 0.3) is 10.0 Å². The largest absolute Gasteiger partial charge is 1.00 e. The number of hydrogen-bond donors (Lipinski definition) is 0. The number of sulfonamides is 1. The second-order valence-electron chi connectivity index (χ2n) is 9.84. The molecule has 0 saturated carbocycles. The molecule has 0 aromatic heterocycles. The van der Waals surface area contributed by atoms with Crippen molar-refractivity contribution in [3.8, 4) is 0 Å². The van der Waals surface area contributed by atoms with E-state index in [0.717, 1.165) is 0 Å². The van der Waals surface area contributed by atoms with E-state index in [4.69, 9.17) is 0 Å². The molecule has 0 fully saturated rings. The molecular formula is C18H13F25NNa2O6PS. The van der Waals surface area contributed by atoms with Gasteiger partial charge in [0, 0.05) is 6.54 Å². The summed E-state index contributed by atoms with van der Waals surface area (Å²) in [6.07, 6.45) is -18.7. The van der Waals surface area contributed by atoms with E-state index in [-0.39, 0.29) is 65.5 Å². The van der Waals surface area contributed by atoms with Crippen molar-refractivity contribution in [2.24, 2.45) is 0 Å². The quantitative estimate of drug-likeness (QED) is 0.0640. The predicted octanol–water partition coefficient (Wildman–Crippen LogP) is 1.47. The van der Waals surface area contributed by atoms with Crippen LogP contribution in [0.4, 0.5) is 110 Å². The van der Waals surface area contributed by atoms with Crippen molar-refractivity contribution in [1.29, 1.82) is 0 Å². The molecule has 0 aliphatic rings. The normalized spacial score (nSPS) is 15.9. The molecule has 0 rings (SSSR count). The first-order valence-corrected chi connectivity index (χ1v) is 15.0. The number of hydrogen-bond acceptors (Lipinski definition) is 6. The van der Waals surface area contributed by atoms with Crippen molar-refractivity contribution < 1.29 is 196 Å². The van der Waals surface area contributed by atoms with Gasteiger partial charge in [-0.25, -0.2) is 8.42 Å².